The second kappa shape index (κ2) is 3.74. The zero-order valence-electron chi connectivity index (χ0n) is 8.20. The molecule has 0 saturated heterocycles. The Kier molecular flexibility index (Phi) is 2.90. The van der Waals surface area contributed by atoms with Gasteiger partial charge in [-0.25, -0.2) is 0 Å². The summed E-state index contributed by atoms with van der Waals surface area (Å²) >= 11 is 0. The highest BCUT2D eigenvalue weighted by molar-refractivity contribution is 6.72. The molecule has 0 atom stereocenters. The molecule has 0 radical (unpaired) electrons. The monoisotopic (exact) mass is 160 g/mol. The summed E-state index contributed by atoms with van der Waals surface area (Å²) in [4.78, 5) is 8.67. The van der Waals surface area contributed by atoms with Gasteiger partial charge >= 0.3 is 0 Å². The Bertz CT molecular complexity index is 238. The summed E-state index contributed by atoms with van der Waals surface area (Å²) in [6.45, 7) is 9.42. The highest BCUT2D eigenvalue weighted by Crippen LogP contribution is 1.81. The summed E-state index contributed by atoms with van der Waals surface area (Å²) in [6, 6.07) is 1.98. The molecule has 1 aromatic heterocycles. The van der Waals surface area contributed by atoms with E-state index < -0.39 is 0 Å². The molecule has 0 aliphatic heterocycles. The van der Waals surface area contributed by atoms with Crippen LogP contribution in [-0.4, -0.2) is 23.4 Å². The first-order valence-corrected chi connectivity index (χ1v) is 4.44. The molecule has 1 heterocycles. The lowest BCUT2D eigenvalue weighted by Crippen LogP contribution is -2.38. The SMILES string of the molecule is CB(C)c1ccnc(B(C)C)n1. The van der Waals surface area contributed by atoms with Gasteiger partial charge in [-0.3, -0.25) is 9.97 Å². The quantitative estimate of drug-likeness (QED) is 0.585. The minimum absolute atomic E-state index is 0.420. The molecule has 0 unspecified atom stereocenters. The number of hydrogen-bond acceptors (Lipinski definition) is 2. The normalized spacial score (nSPS) is 9.67. The number of nitrogens with zero attached hydrogens (tertiary/aromatic N) is 2. The van der Waals surface area contributed by atoms with Crippen molar-refractivity contribution >= 4 is 24.7 Å². The van der Waals surface area contributed by atoms with Gasteiger partial charge < -0.3 is 0 Å². The summed E-state index contributed by atoms with van der Waals surface area (Å²) in [5.41, 5.74) is 2.08. The summed E-state index contributed by atoms with van der Waals surface area (Å²) in [5.74, 6) is 0. The maximum atomic E-state index is 4.46. The van der Waals surface area contributed by atoms with Crippen LogP contribution in [0.1, 0.15) is 0 Å². The topological polar surface area (TPSA) is 25.8 Å². The maximum Gasteiger partial charge on any atom is 0.219 e. The van der Waals surface area contributed by atoms with Crippen LogP contribution in [0.3, 0.4) is 0 Å². The van der Waals surface area contributed by atoms with E-state index in [0.717, 1.165) is 11.3 Å². The first-order chi connectivity index (χ1) is 5.61. The molecule has 1 aromatic rings. The Hall–Kier alpha value is -0.790. The first kappa shape index (κ1) is 9.30. The van der Waals surface area contributed by atoms with Crippen LogP contribution in [0.5, 0.6) is 0 Å². The number of hydrogen-bond donors (Lipinski definition) is 0. The zero-order valence-corrected chi connectivity index (χ0v) is 8.20. The van der Waals surface area contributed by atoms with Gasteiger partial charge in [0, 0.05) is 11.8 Å². The lowest BCUT2D eigenvalue weighted by molar-refractivity contribution is 1.25. The van der Waals surface area contributed by atoms with E-state index in [1.807, 2.05) is 12.3 Å². The Labute approximate surface area is 75.0 Å². The van der Waals surface area contributed by atoms with Crippen molar-refractivity contribution in [3.63, 3.8) is 0 Å². The molecule has 0 spiro atoms. The van der Waals surface area contributed by atoms with Gasteiger partial charge in [0.15, 0.2) is 6.71 Å². The predicted octanol–water partition coefficient (Wildman–Crippen LogP) is 0.399. The summed E-state index contributed by atoms with van der Waals surface area (Å²) in [5, 5.41) is 0. The Balaban J connectivity index is 2.96. The molecule has 0 bridgehead atoms. The van der Waals surface area contributed by atoms with E-state index in [1.165, 1.54) is 0 Å². The summed E-state index contributed by atoms with van der Waals surface area (Å²) < 4.78 is 0. The largest absolute Gasteiger partial charge is 0.259 e. The van der Waals surface area contributed by atoms with Crippen LogP contribution >= 0.6 is 0 Å². The molecule has 4 heteroatoms. The molecule has 1 rings (SSSR count). The van der Waals surface area contributed by atoms with Crippen molar-refractivity contribution < 1.29 is 0 Å². The van der Waals surface area contributed by atoms with Gasteiger partial charge in [0.05, 0.1) is 5.72 Å². The highest BCUT2D eigenvalue weighted by atomic mass is 14.8. The first-order valence-electron chi connectivity index (χ1n) is 4.44. The fourth-order valence-corrected chi connectivity index (χ4v) is 0.988. The minimum atomic E-state index is 0.420. The van der Waals surface area contributed by atoms with E-state index in [9.17, 15) is 0 Å². The minimum Gasteiger partial charge on any atom is -0.259 e. The molecule has 62 valence electrons. The van der Waals surface area contributed by atoms with Crippen LogP contribution in [0, 0.1) is 0 Å². The van der Waals surface area contributed by atoms with E-state index in [2.05, 4.69) is 37.3 Å². The molecule has 0 amide bonds. The molecule has 2 nitrogen and oxygen atoms in total. The van der Waals surface area contributed by atoms with Crippen LogP contribution in [0.2, 0.25) is 27.3 Å². The van der Waals surface area contributed by atoms with Gasteiger partial charge in [-0.1, -0.05) is 27.3 Å². The van der Waals surface area contributed by atoms with Gasteiger partial charge in [0.1, 0.15) is 0 Å². The van der Waals surface area contributed by atoms with Gasteiger partial charge in [0.25, 0.3) is 0 Å². The van der Waals surface area contributed by atoms with Crippen molar-refractivity contribution in [2.24, 2.45) is 0 Å². The molecule has 0 aromatic carbocycles. The fourth-order valence-electron chi connectivity index (χ4n) is 0.988. The van der Waals surface area contributed by atoms with Crippen LogP contribution in [0.25, 0.3) is 0 Å². The van der Waals surface area contributed by atoms with E-state index in [-0.39, 0.29) is 0 Å². The van der Waals surface area contributed by atoms with Gasteiger partial charge in [-0.2, -0.15) is 0 Å². The second-order valence-corrected chi connectivity index (χ2v) is 3.65. The Morgan fingerprint density at radius 1 is 1.08 bits per heavy atom. The Morgan fingerprint density at radius 3 is 2.25 bits per heavy atom. The Morgan fingerprint density at radius 2 is 1.75 bits per heavy atom. The van der Waals surface area contributed by atoms with E-state index in [4.69, 9.17) is 0 Å². The standard InChI is InChI=1S/C8H14B2N2/c1-9(2)7-5-6-11-8(12-7)10(3)4/h5-6H,1-4H3. The molecule has 0 aliphatic rings. The van der Waals surface area contributed by atoms with Crippen molar-refractivity contribution in [1.82, 2.24) is 9.97 Å². The van der Waals surface area contributed by atoms with Crippen molar-refractivity contribution in [2.75, 3.05) is 0 Å². The van der Waals surface area contributed by atoms with Gasteiger partial charge in [-0.05, 0) is 6.07 Å². The number of aromatic nitrogens is 2. The van der Waals surface area contributed by atoms with Crippen molar-refractivity contribution in [3.8, 4) is 0 Å². The smallest absolute Gasteiger partial charge is 0.219 e. The van der Waals surface area contributed by atoms with E-state index in [1.54, 1.807) is 0 Å². The molecule has 0 aliphatic carbocycles. The van der Waals surface area contributed by atoms with Crippen molar-refractivity contribution in [2.45, 2.75) is 27.3 Å². The zero-order chi connectivity index (χ0) is 9.14. The second-order valence-electron chi connectivity index (χ2n) is 3.65. The van der Waals surface area contributed by atoms with Crippen molar-refractivity contribution in [3.05, 3.63) is 12.3 Å². The average Bonchev–Trinajstić information content (AvgIpc) is 2.04. The molecule has 0 saturated carbocycles. The third kappa shape index (κ3) is 2.10. The van der Waals surface area contributed by atoms with E-state index in [0.29, 0.717) is 13.4 Å². The molecule has 12 heavy (non-hydrogen) atoms. The van der Waals surface area contributed by atoms with Crippen LogP contribution in [0.15, 0.2) is 12.3 Å². The molecular weight excluding hydrogens is 146 g/mol. The average molecular weight is 160 g/mol. The van der Waals surface area contributed by atoms with Crippen LogP contribution in [0.4, 0.5) is 0 Å². The van der Waals surface area contributed by atoms with Crippen LogP contribution in [-0.2, 0) is 0 Å². The molecule has 0 N–H and O–H groups in total. The van der Waals surface area contributed by atoms with Crippen LogP contribution < -0.4 is 11.3 Å². The number of rotatable bonds is 2. The summed E-state index contributed by atoms with van der Waals surface area (Å²) in [7, 11) is 0. The van der Waals surface area contributed by atoms with Crippen molar-refractivity contribution in [1.29, 1.82) is 0 Å². The third-order valence-electron chi connectivity index (χ3n) is 1.80. The molecular formula is C8H14B2N2. The highest BCUT2D eigenvalue weighted by Gasteiger charge is 2.09. The van der Waals surface area contributed by atoms with E-state index >= 15 is 0 Å². The molecule has 0 fully saturated rings. The lowest BCUT2D eigenvalue weighted by atomic mass is 9.50. The maximum absolute atomic E-state index is 4.46. The summed E-state index contributed by atoms with van der Waals surface area (Å²) in [6.07, 6.45) is 1.84. The third-order valence-corrected chi connectivity index (χ3v) is 1.80. The lowest BCUT2D eigenvalue weighted by Gasteiger charge is -2.04. The van der Waals surface area contributed by atoms with Gasteiger partial charge in [0.2, 0.25) is 6.71 Å². The van der Waals surface area contributed by atoms with Gasteiger partial charge in [-0.15, -0.1) is 0 Å². The fraction of sp³-hybridized carbons (Fsp3) is 0.500. The predicted molar refractivity (Wildman–Crippen MR) is 56.3 cm³/mol.